The summed E-state index contributed by atoms with van der Waals surface area (Å²) in [6, 6.07) is 8.49. The molecule has 0 radical (unpaired) electrons. The Morgan fingerprint density at radius 3 is 2.83 bits per heavy atom. The van der Waals surface area contributed by atoms with E-state index >= 15 is 0 Å². The average Bonchev–Trinajstić information content (AvgIpc) is 3.26. The third kappa shape index (κ3) is 3.54. The van der Waals surface area contributed by atoms with Gasteiger partial charge < -0.3 is 16.0 Å². The van der Waals surface area contributed by atoms with Crippen molar-refractivity contribution in [3.8, 4) is 0 Å². The summed E-state index contributed by atoms with van der Waals surface area (Å²) in [6.07, 6.45) is 4.99. The molecule has 0 aliphatic heterocycles. The molecule has 1 aliphatic carbocycles. The molecule has 1 aromatic heterocycles. The van der Waals surface area contributed by atoms with Gasteiger partial charge in [0, 0.05) is 25.0 Å². The number of rotatable bonds is 5. The van der Waals surface area contributed by atoms with Gasteiger partial charge in [0.25, 0.3) is 5.91 Å². The van der Waals surface area contributed by atoms with Gasteiger partial charge in [0.15, 0.2) is 0 Å². The second-order valence-electron chi connectivity index (χ2n) is 5.85. The van der Waals surface area contributed by atoms with Crippen LogP contribution < -0.4 is 16.0 Å². The highest BCUT2D eigenvalue weighted by atomic mass is 32.1. The second kappa shape index (κ2) is 7.10. The third-order valence-corrected chi connectivity index (χ3v) is 5.23. The summed E-state index contributed by atoms with van der Waals surface area (Å²) in [5.41, 5.74) is 7.87. The Labute approximate surface area is 140 Å². The molecule has 1 aromatic carbocycles. The van der Waals surface area contributed by atoms with E-state index in [0.29, 0.717) is 18.3 Å². The van der Waals surface area contributed by atoms with Crippen molar-refractivity contribution in [1.82, 2.24) is 4.98 Å². The Morgan fingerprint density at radius 2 is 2.13 bits per heavy atom. The van der Waals surface area contributed by atoms with E-state index in [9.17, 15) is 4.79 Å². The third-order valence-electron chi connectivity index (χ3n) is 4.36. The van der Waals surface area contributed by atoms with Gasteiger partial charge in [-0.05, 0) is 25.0 Å². The van der Waals surface area contributed by atoms with Crippen LogP contribution >= 0.6 is 11.3 Å². The minimum atomic E-state index is -0.187. The molecule has 5 nitrogen and oxygen atoms in total. The van der Waals surface area contributed by atoms with Crippen LogP contribution in [0.4, 0.5) is 11.4 Å². The number of nitrogens with one attached hydrogen (secondary N) is 1. The number of aromatic nitrogens is 1. The fourth-order valence-corrected chi connectivity index (χ4v) is 3.73. The van der Waals surface area contributed by atoms with Gasteiger partial charge in [-0.2, -0.15) is 0 Å². The SMILES string of the molecule is CN(c1ccccc1NC(=O)c1csc(CN)n1)C1CCCC1. The lowest BCUT2D eigenvalue weighted by Gasteiger charge is -2.28. The number of para-hydroxylation sites is 2. The number of anilines is 2. The molecule has 2 aromatic rings. The number of hydrogen-bond acceptors (Lipinski definition) is 5. The van der Waals surface area contributed by atoms with Gasteiger partial charge in [-0.3, -0.25) is 4.79 Å². The number of thiazole rings is 1. The molecule has 6 heteroatoms. The topological polar surface area (TPSA) is 71.2 Å². The maximum absolute atomic E-state index is 12.4. The molecular weight excluding hydrogens is 308 g/mol. The zero-order valence-corrected chi connectivity index (χ0v) is 14.1. The number of carbonyl (C=O) groups is 1. The molecule has 1 heterocycles. The van der Waals surface area contributed by atoms with Crippen LogP contribution in [0.15, 0.2) is 29.6 Å². The molecule has 0 unspecified atom stereocenters. The van der Waals surface area contributed by atoms with E-state index in [4.69, 9.17) is 5.73 Å². The number of carbonyl (C=O) groups excluding carboxylic acids is 1. The van der Waals surface area contributed by atoms with Crippen LogP contribution in [0, 0.1) is 0 Å². The highest BCUT2D eigenvalue weighted by molar-refractivity contribution is 7.09. The van der Waals surface area contributed by atoms with Gasteiger partial charge in [0.2, 0.25) is 0 Å². The molecule has 3 N–H and O–H groups in total. The summed E-state index contributed by atoms with van der Waals surface area (Å²) in [5, 5.41) is 5.51. The van der Waals surface area contributed by atoms with Crippen LogP contribution in [0.25, 0.3) is 0 Å². The van der Waals surface area contributed by atoms with Crippen LogP contribution in [0.5, 0.6) is 0 Å². The zero-order chi connectivity index (χ0) is 16.2. The molecule has 23 heavy (non-hydrogen) atoms. The molecule has 0 atom stereocenters. The van der Waals surface area contributed by atoms with Gasteiger partial charge in [-0.15, -0.1) is 11.3 Å². The maximum Gasteiger partial charge on any atom is 0.275 e. The summed E-state index contributed by atoms with van der Waals surface area (Å²) in [7, 11) is 2.11. The van der Waals surface area contributed by atoms with Crippen LogP contribution in [0.1, 0.15) is 41.2 Å². The smallest absolute Gasteiger partial charge is 0.275 e. The minimum absolute atomic E-state index is 0.187. The second-order valence-corrected chi connectivity index (χ2v) is 6.79. The summed E-state index contributed by atoms with van der Waals surface area (Å²) < 4.78 is 0. The van der Waals surface area contributed by atoms with Gasteiger partial charge >= 0.3 is 0 Å². The van der Waals surface area contributed by atoms with E-state index in [1.54, 1.807) is 5.38 Å². The molecule has 122 valence electrons. The summed E-state index contributed by atoms with van der Waals surface area (Å²) in [4.78, 5) is 18.9. The Kier molecular flexibility index (Phi) is 4.93. The van der Waals surface area contributed by atoms with Crippen LogP contribution in [0.3, 0.4) is 0 Å². The zero-order valence-electron chi connectivity index (χ0n) is 13.3. The minimum Gasteiger partial charge on any atom is -0.370 e. The summed E-state index contributed by atoms with van der Waals surface area (Å²) in [6.45, 7) is 0.360. The van der Waals surface area contributed by atoms with Crippen molar-refractivity contribution in [1.29, 1.82) is 0 Å². The van der Waals surface area contributed by atoms with E-state index in [1.807, 2.05) is 18.2 Å². The molecule has 1 aliphatic rings. The molecule has 0 spiro atoms. The van der Waals surface area contributed by atoms with Gasteiger partial charge in [0.1, 0.15) is 10.7 Å². The van der Waals surface area contributed by atoms with Crippen molar-refractivity contribution in [3.05, 3.63) is 40.3 Å². The standard InChI is InChI=1S/C17H22N4OS/c1-21(12-6-2-3-7-12)15-9-5-4-8-13(15)20-17(22)14-11-23-16(10-18)19-14/h4-5,8-9,11-12H,2-3,6-7,10,18H2,1H3,(H,20,22). The maximum atomic E-state index is 12.4. The first kappa shape index (κ1) is 16.0. The normalized spacial score (nSPS) is 14.9. The predicted molar refractivity (Wildman–Crippen MR) is 95.1 cm³/mol. The Hall–Kier alpha value is -1.92. The van der Waals surface area contributed by atoms with Gasteiger partial charge in [-0.1, -0.05) is 25.0 Å². The van der Waals surface area contributed by atoms with Crippen LogP contribution in [0.2, 0.25) is 0 Å². The van der Waals surface area contributed by atoms with Crippen molar-refractivity contribution >= 4 is 28.6 Å². The first-order valence-corrected chi connectivity index (χ1v) is 8.84. The molecule has 1 saturated carbocycles. The average molecular weight is 330 g/mol. The molecule has 1 fully saturated rings. The lowest BCUT2D eigenvalue weighted by molar-refractivity contribution is 0.102. The van der Waals surface area contributed by atoms with Gasteiger partial charge in [-0.25, -0.2) is 4.98 Å². The predicted octanol–water partition coefficient (Wildman–Crippen LogP) is 3.23. The fraction of sp³-hybridized carbons (Fsp3) is 0.412. The highest BCUT2D eigenvalue weighted by Crippen LogP contribution is 2.32. The lowest BCUT2D eigenvalue weighted by Crippen LogP contribution is -2.29. The van der Waals surface area contributed by atoms with Crippen molar-refractivity contribution < 1.29 is 4.79 Å². The number of nitrogens with zero attached hydrogens (tertiary/aromatic N) is 2. The summed E-state index contributed by atoms with van der Waals surface area (Å²) in [5.74, 6) is -0.187. The van der Waals surface area contributed by atoms with Crippen molar-refractivity contribution in [2.45, 2.75) is 38.3 Å². The Morgan fingerprint density at radius 1 is 1.39 bits per heavy atom. The number of hydrogen-bond donors (Lipinski definition) is 2. The van der Waals surface area contributed by atoms with E-state index in [2.05, 4.69) is 28.3 Å². The van der Waals surface area contributed by atoms with Crippen LogP contribution in [-0.2, 0) is 6.54 Å². The molecular formula is C17H22N4OS. The quantitative estimate of drug-likeness (QED) is 0.883. The number of nitrogens with two attached hydrogens (primary N) is 1. The van der Waals surface area contributed by atoms with E-state index < -0.39 is 0 Å². The lowest BCUT2D eigenvalue weighted by atomic mass is 10.1. The first-order valence-electron chi connectivity index (χ1n) is 7.96. The van der Waals surface area contributed by atoms with Crippen LogP contribution in [-0.4, -0.2) is 24.0 Å². The number of amides is 1. The van der Waals surface area contributed by atoms with Crippen molar-refractivity contribution in [2.24, 2.45) is 5.73 Å². The molecule has 3 rings (SSSR count). The Bertz CT molecular complexity index is 679. The van der Waals surface area contributed by atoms with Crippen molar-refractivity contribution in [2.75, 3.05) is 17.3 Å². The Balaban J connectivity index is 1.78. The summed E-state index contributed by atoms with van der Waals surface area (Å²) >= 11 is 1.41. The monoisotopic (exact) mass is 330 g/mol. The molecule has 0 saturated heterocycles. The largest absolute Gasteiger partial charge is 0.370 e. The van der Waals surface area contributed by atoms with Gasteiger partial charge in [0.05, 0.1) is 11.4 Å². The van der Waals surface area contributed by atoms with E-state index in [1.165, 1.54) is 37.0 Å². The van der Waals surface area contributed by atoms with E-state index in [0.717, 1.165) is 16.4 Å². The first-order chi connectivity index (χ1) is 11.2. The fourth-order valence-electron chi connectivity index (χ4n) is 3.07. The molecule has 1 amide bonds. The molecule has 0 bridgehead atoms. The van der Waals surface area contributed by atoms with E-state index in [-0.39, 0.29) is 5.91 Å². The highest BCUT2D eigenvalue weighted by Gasteiger charge is 2.22. The van der Waals surface area contributed by atoms with Crippen molar-refractivity contribution in [3.63, 3.8) is 0 Å². The number of benzene rings is 1.